The fraction of sp³-hybridized carbons (Fsp3) is 0.154. The number of rotatable bonds is 9. The number of thiazole rings is 1. The van der Waals surface area contributed by atoms with E-state index >= 15 is 0 Å². The number of para-hydroxylation sites is 1. The van der Waals surface area contributed by atoms with Crippen LogP contribution >= 0.6 is 34.5 Å². The molecule has 4 aromatic carbocycles. The van der Waals surface area contributed by atoms with E-state index in [2.05, 4.69) is 10.6 Å². The third-order valence-electron chi connectivity index (χ3n) is 8.32. The van der Waals surface area contributed by atoms with Crippen LogP contribution in [-0.4, -0.2) is 28.3 Å². The molecule has 0 saturated carbocycles. The minimum Gasteiger partial charge on any atom is -0.494 e. The smallest absolute Gasteiger partial charge is 0.338 e. The van der Waals surface area contributed by atoms with Crippen LogP contribution in [0.25, 0.3) is 22.7 Å². The number of fused-ring (bicyclic) bond motifs is 2. The Kier molecular flexibility index (Phi) is 9.27. The van der Waals surface area contributed by atoms with Crippen LogP contribution in [0.1, 0.15) is 42.1 Å². The fourth-order valence-electron chi connectivity index (χ4n) is 6.17. The SMILES string of the molecule is CCOC(=O)C1=C(c2ccccc2)N=c2s/c(=C/c3cn(Cc4ccc(Cl)c(Cl)c4)c4ccccc34)c(=O)n2[C@@H]1c1ccc(OCC)cc1. The summed E-state index contributed by atoms with van der Waals surface area (Å²) >= 11 is 13.8. The molecule has 0 N–H and O–H groups in total. The first-order chi connectivity index (χ1) is 23.9. The Morgan fingerprint density at radius 1 is 0.918 bits per heavy atom. The lowest BCUT2D eigenvalue weighted by Crippen LogP contribution is -2.40. The molecular weight excluding hydrogens is 677 g/mol. The van der Waals surface area contributed by atoms with Crippen molar-refractivity contribution in [3.8, 4) is 5.75 Å². The summed E-state index contributed by atoms with van der Waals surface area (Å²) < 4.78 is 15.5. The second-order valence-electron chi connectivity index (χ2n) is 11.4. The quantitative estimate of drug-likeness (QED) is 0.145. The maximum atomic E-state index is 14.5. The summed E-state index contributed by atoms with van der Waals surface area (Å²) in [6, 6.07) is 29.9. The molecule has 0 radical (unpaired) electrons. The van der Waals surface area contributed by atoms with Gasteiger partial charge in [0.1, 0.15) is 5.75 Å². The predicted molar refractivity (Wildman–Crippen MR) is 196 cm³/mol. The van der Waals surface area contributed by atoms with E-state index in [0.29, 0.717) is 49.6 Å². The number of benzene rings is 4. The molecule has 1 aliphatic heterocycles. The van der Waals surface area contributed by atoms with Crippen molar-refractivity contribution in [1.29, 1.82) is 0 Å². The Balaban J connectivity index is 1.43. The van der Waals surface area contributed by atoms with Crippen LogP contribution in [0.3, 0.4) is 0 Å². The van der Waals surface area contributed by atoms with Crippen LogP contribution in [0.5, 0.6) is 5.75 Å². The Morgan fingerprint density at radius 3 is 2.41 bits per heavy atom. The molecule has 3 heterocycles. The molecule has 2 aromatic heterocycles. The summed E-state index contributed by atoms with van der Waals surface area (Å²) in [5.41, 5.74) is 4.90. The molecule has 0 bridgehead atoms. The zero-order valence-corrected chi connectivity index (χ0v) is 29.1. The number of hydrogen-bond donors (Lipinski definition) is 0. The lowest BCUT2D eigenvalue weighted by molar-refractivity contribution is -0.138. The second kappa shape index (κ2) is 13.9. The summed E-state index contributed by atoms with van der Waals surface area (Å²) in [7, 11) is 0. The van der Waals surface area contributed by atoms with Gasteiger partial charge in [-0.15, -0.1) is 0 Å². The Bertz CT molecular complexity index is 2410. The highest BCUT2D eigenvalue weighted by Gasteiger charge is 2.35. The van der Waals surface area contributed by atoms with Crippen molar-refractivity contribution < 1.29 is 14.3 Å². The number of ether oxygens (including phenoxy) is 2. The number of nitrogens with zero attached hydrogens (tertiary/aromatic N) is 3. The van der Waals surface area contributed by atoms with E-state index in [9.17, 15) is 9.59 Å². The molecule has 0 saturated heterocycles. The van der Waals surface area contributed by atoms with Crippen LogP contribution in [0.15, 0.2) is 119 Å². The van der Waals surface area contributed by atoms with E-state index in [1.165, 1.54) is 11.3 Å². The Hall–Kier alpha value is -4.89. The summed E-state index contributed by atoms with van der Waals surface area (Å²) in [5, 5.41) is 1.99. The minimum atomic E-state index is -0.778. The van der Waals surface area contributed by atoms with Gasteiger partial charge in [-0.05, 0) is 61.4 Å². The number of halogens is 2. The highest BCUT2D eigenvalue weighted by Crippen LogP contribution is 2.36. The zero-order chi connectivity index (χ0) is 34.1. The largest absolute Gasteiger partial charge is 0.494 e. The van der Waals surface area contributed by atoms with E-state index in [1.807, 2.05) is 104 Å². The van der Waals surface area contributed by atoms with Crippen molar-refractivity contribution in [1.82, 2.24) is 9.13 Å². The van der Waals surface area contributed by atoms with Crippen molar-refractivity contribution in [2.45, 2.75) is 26.4 Å². The number of carbonyl (C=O) groups is 1. The van der Waals surface area contributed by atoms with E-state index in [1.54, 1.807) is 17.6 Å². The molecule has 1 atom stereocenters. The number of esters is 1. The van der Waals surface area contributed by atoms with Crippen LogP contribution in [0, 0.1) is 0 Å². The molecule has 0 unspecified atom stereocenters. The van der Waals surface area contributed by atoms with Gasteiger partial charge >= 0.3 is 5.97 Å². The average Bonchev–Trinajstić information content (AvgIpc) is 3.62. The van der Waals surface area contributed by atoms with Crippen LogP contribution in [-0.2, 0) is 16.1 Å². The topological polar surface area (TPSA) is 74.8 Å². The van der Waals surface area contributed by atoms with E-state index in [0.717, 1.165) is 33.2 Å². The third kappa shape index (κ3) is 6.35. The van der Waals surface area contributed by atoms with Crippen LogP contribution in [0.4, 0.5) is 0 Å². The van der Waals surface area contributed by atoms with Gasteiger partial charge in [0.15, 0.2) is 4.80 Å². The Labute approximate surface area is 296 Å². The molecular formula is C39H31Cl2N3O4S. The maximum absolute atomic E-state index is 14.5. The predicted octanol–water partition coefficient (Wildman–Crippen LogP) is 7.64. The first-order valence-corrected chi connectivity index (χ1v) is 17.5. The van der Waals surface area contributed by atoms with Crippen molar-refractivity contribution >= 4 is 63.2 Å². The first-order valence-electron chi connectivity index (χ1n) is 15.9. The molecule has 0 amide bonds. The minimum absolute atomic E-state index is 0.178. The van der Waals surface area contributed by atoms with Crippen LogP contribution in [0.2, 0.25) is 10.0 Å². The molecule has 7 rings (SSSR count). The molecule has 7 nitrogen and oxygen atoms in total. The first kappa shape index (κ1) is 32.6. The third-order valence-corrected chi connectivity index (χ3v) is 10.0. The van der Waals surface area contributed by atoms with Crippen molar-refractivity contribution in [3.05, 3.63) is 161 Å². The maximum Gasteiger partial charge on any atom is 0.338 e. The van der Waals surface area contributed by atoms with Gasteiger partial charge in [-0.25, -0.2) is 9.79 Å². The molecule has 0 fully saturated rings. The number of aromatic nitrogens is 2. The molecule has 246 valence electrons. The lowest BCUT2D eigenvalue weighted by Gasteiger charge is -2.26. The van der Waals surface area contributed by atoms with Gasteiger partial charge < -0.3 is 14.0 Å². The molecule has 0 spiro atoms. The van der Waals surface area contributed by atoms with Gasteiger partial charge in [0, 0.05) is 34.8 Å². The standard InChI is InChI=1S/C39H31Cl2N3O4S/c1-3-47-28-17-15-26(16-18-28)36-34(38(46)48-4-2)35(25-10-6-5-7-11-25)42-39-44(36)37(45)33(49-39)21-27-23-43(32-13-9-8-12-29(27)32)22-24-14-19-30(40)31(41)20-24/h5-21,23,36H,3-4,22H2,1-2H3/b33-21+/t36-/m1/s1. The molecule has 49 heavy (non-hydrogen) atoms. The van der Waals surface area contributed by atoms with E-state index in [4.69, 9.17) is 37.7 Å². The van der Waals surface area contributed by atoms with Gasteiger partial charge in [-0.2, -0.15) is 0 Å². The van der Waals surface area contributed by atoms with Crippen molar-refractivity contribution in [2.24, 2.45) is 4.99 Å². The van der Waals surface area contributed by atoms with Crippen molar-refractivity contribution in [2.75, 3.05) is 13.2 Å². The van der Waals surface area contributed by atoms with Gasteiger partial charge in [0.2, 0.25) is 0 Å². The highest BCUT2D eigenvalue weighted by atomic mass is 35.5. The highest BCUT2D eigenvalue weighted by molar-refractivity contribution is 7.07. The van der Waals surface area contributed by atoms with E-state index in [-0.39, 0.29) is 12.2 Å². The van der Waals surface area contributed by atoms with Gasteiger partial charge in [0.05, 0.1) is 45.1 Å². The molecule has 6 aromatic rings. The average molecular weight is 709 g/mol. The molecule has 1 aliphatic rings. The fourth-order valence-corrected chi connectivity index (χ4v) is 7.48. The zero-order valence-electron chi connectivity index (χ0n) is 26.7. The lowest BCUT2D eigenvalue weighted by atomic mass is 9.93. The van der Waals surface area contributed by atoms with Gasteiger partial charge in [-0.1, -0.05) is 101 Å². The normalized spacial score (nSPS) is 14.5. The summed E-state index contributed by atoms with van der Waals surface area (Å²) in [4.78, 5) is 33.7. The second-order valence-corrected chi connectivity index (χ2v) is 13.2. The molecule has 0 aliphatic carbocycles. The number of hydrogen-bond acceptors (Lipinski definition) is 6. The number of carbonyl (C=O) groups excluding carboxylic acids is 1. The summed E-state index contributed by atoms with van der Waals surface area (Å²) in [6.07, 6.45) is 3.94. The summed E-state index contributed by atoms with van der Waals surface area (Å²) in [6.45, 7) is 4.94. The van der Waals surface area contributed by atoms with E-state index < -0.39 is 12.0 Å². The van der Waals surface area contributed by atoms with Gasteiger partial charge in [-0.3, -0.25) is 9.36 Å². The monoisotopic (exact) mass is 707 g/mol. The van der Waals surface area contributed by atoms with Crippen molar-refractivity contribution in [3.63, 3.8) is 0 Å². The van der Waals surface area contributed by atoms with Crippen LogP contribution < -0.4 is 19.6 Å². The molecule has 10 heteroatoms. The van der Waals surface area contributed by atoms with Gasteiger partial charge in [0.25, 0.3) is 5.56 Å². The summed E-state index contributed by atoms with van der Waals surface area (Å²) in [5.74, 6) is 0.171. The Morgan fingerprint density at radius 2 is 1.67 bits per heavy atom.